The van der Waals surface area contributed by atoms with Crippen molar-refractivity contribution in [1.82, 2.24) is 0 Å². The summed E-state index contributed by atoms with van der Waals surface area (Å²) >= 11 is 11.0. The van der Waals surface area contributed by atoms with Crippen molar-refractivity contribution < 1.29 is 4.74 Å². The van der Waals surface area contributed by atoms with E-state index in [9.17, 15) is 5.26 Å². The molecule has 0 atom stereocenters. The molecule has 3 aromatic rings. The van der Waals surface area contributed by atoms with E-state index in [4.69, 9.17) is 16.3 Å². The molecule has 1 aromatic heterocycles. The van der Waals surface area contributed by atoms with Crippen LogP contribution in [0.4, 0.5) is 0 Å². The fourth-order valence-corrected chi connectivity index (χ4v) is 3.58. The number of hydrogen-bond acceptors (Lipinski definition) is 3. The van der Waals surface area contributed by atoms with Gasteiger partial charge in [0.05, 0.1) is 0 Å². The van der Waals surface area contributed by atoms with Crippen molar-refractivity contribution in [3.63, 3.8) is 0 Å². The summed E-state index contributed by atoms with van der Waals surface area (Å²) < 4.78 is 6.88. The zero-order valence-corrected chi connectivity index (χ0v) is 16.0. The minimum Gasteiger partial charge on any atom is -0.478 e. The third-order valence-electron chi connectivity index (χ3n) is 3.64. The number of hydrogen-bond donors (Lipinski definition) is 0. The zero-order valence-electron chi connectivity index (χ0n) is 12.8. The largest absolute Gasteiger partial charge is 0.478 e. The summed E-state index contributed by atoms with van der Waals surface area (Å²) in [5, 5.41) is 12.8. The molecule has 24 heavy (non-hydrogen) atoms. The number of thiophene rings is 1. The minimum atomic E-state index is 0.427. The first-order valence-corrected chi connectivity index (χ1v) is 9.29. The van der Waals surface area contributed by atoms with Gasteiger partial charge >= 0.3 is 0 Å². The molecule has 0 spiro atoms. The number of rotatable bonds is 4. The lowest BCUT2D eigenvalue weighted by Gasteiger charge is -2.06. The first-order chi connectivity index (χ1) is 11.6. The van der Waals surface area contributed by atoms with Crippen molar-refractivity contribution >= 4 is 38.9 Å². The van der Waals surface area contributed by atoms with Crippen LogP contribution in [0.15, 0.2) is 52.3 Å². The van der Waals surface area contributed by atoms with Crippen LogP contribution < -0.4 is 4.74 Å². The summed E-state index contributed by atoms with van der Waals surface area (Å²) in [6, 6.07) is 16.0. The van der Waals surface area contributed by atoms with Crippen LogP contribution in [0, 0.1) is 18.3 Å². The van der Waals surface area contributed by atoms with Gasteiger partial charge in [0.1, 0.15) is 18.2 Å². The molecule has 0 aliphatic heterocycles. The van der Waals surface area contributed by atoms with Gasteiger partial charge in [-0.05, 0) is 41.8 Å². The molecule has 5 heteroatoms. The van der Waals surface area contributed by atoms with Crippen LogP contribution in [-0.4, -0.2) is 0 Å². The lowest BCUT2D eigenvalue weighted by Crippen LogP contribution is -1.95. The molecular formula is C19H13BrClNOS. The monoisotopic (exact) mass is 417 g/mol. The van der Waals surface area contributed by atoms with Gasteiger partial charge in [0, 0.05) is 20.4 Å². The van der Waals surface area contributed by atoms with Gasteiger partial charge < -0.3 is 4.74 Å². The summed E-state index contributed by atoms with van der Waals surface area (Å²) in [5.74, 6) is 0. The topological polar surface area (TPSA) is 33.0 Å². The summed E-state index contributed by atoms with van der Waals surface area (Å²) in [4.78, 5) is 0. The Kier molecular flexibility index (Phi) is 5.25. The lowest BCUT2D eigenvalue weighted by molar-refractivity contribution is 0.315. The predicted molar refractivity (Wildman–Crippen MR) is 103 cm³/mol. The summed E-state index contributed by atoms with van der Waals surface area (Å²) in [7, 11) is 0. The van der Waals surface area contributed by atoms with Crippen molar-refractivity contribution in [3.05, 3.63) is 74.0 Å². The minimum absolute atomic E-state index is 0.427. The fourth-order valence-electron chi connectivity index (χ4n) is 2.25. The molecule has 0 aliphatic rings. The van der Waals surface area contributed by atoms with Crippen LogP contribution in [-0.2, 0) is 6.61 Å². The Morgan fingerprint density at radius 1 is 1.21 bits per heavy atom. The van der Waals surface area contributed by atoms with E-state index >= 15 is 0 Å². The quantitative estimate of drug-likeness (QED) is 0.479. The van der Waals surface area contributed by atoms with Gasteiger partial charge in [-0.3, -0.25) is 0 Å². The maximum atomic E-state index is 9.54. The predicted octanol–water partition coefficient (Wildman–Crippen LogP) is 6.59. The van der Waals surface area contributed by atoms with E-state index in [0.29, 0.717) is 22.3 Å². The fraction of sp³-hybridized carbons (Fsp3) is 0.105. The molecule has 0 unspecified atom stereocenters. The van der Waals surface area contributed by atoms with Gasteiger partial charge in [0.25, 0.3) is 0 Å². The first kappa shape index (κ1) is 17.0. The average Bonchev–Trinajstić information content (AvgIpc) is 3.00. The van der Waals surface area contributed by atoms with E-state index in [1.165, 1.54) is 11.3 Å². The molecule has 0 saturated heterocycles. The Balaban J connectivity index is 1.85. The van der Waals surface area contributed by atoms with Crippen LogP contribution in [0.1, 0.15) is 16.7 Å². The second-order valence-electron chi connectivity index (χ2n) is 5.30. The summed E-state index contributed by atoms with van der Waals surface area (Å²) in [6.45, 7) is 2.38. The SMILES string of the molecule is Cc1ccc(-c2csc(OCc3ccc(Br)cc3)c2C#N)cc1Cl. The third-order valence-corrected chi connectivity index (χ3v) is 5.46. The standard InChI is InChI=1S/C19H13BrClNOS/c1-12-2-5-14(8-18(12)21)17-11-24-19(16(17)9-22)23-10-13-3-6-15(20)7-4-13/h2-8,11H,10H2,1H3. The number of ether oxygens (including phenoxy) is 1. The Morgan fingerprint density at radius 3 is 2.62 bits per heavy atom. The van der Waals surface area contributed by atoms with Crippen LogP contribution in [0.5, 0.6) is 5.06 Å². The van der Waals surface area contributed by atoms with Gasteiger partial charge in [-0.25, -0.2) is 0 Å². The molecule has 0 radical (unpaired) electrons. The number of halogens is 2. The summed E-state index contributed by atoms with van der Waals surface area (Å²) in [5.41, 5.74) is 4.40. The van der Waals surface area contributed by atoms with Crippen molar-refractivity contribution in [2.45, 2.75) is 13.5 Å². The number of aryl methyl sites for hydroxylation is 1. The number of benzene rings is 2. The van der Waals surface area contributed by atoms with Gasteiger partial charge in [-0.15, -0.1) is 11.3 Å². The number of nitrogens with zero attached hydrogens (tertiary/aromatic N) is 1. The van der Waals surface area contributed by atoms with Gasteiger partial charge in [-0.1, -0.05) is 51.8 Å². The van der Waals surface area contributed by atoms with Crippen molar-refractivity contribution in [3.8, 4) is 22.3 Å². The van der Waals surface area contributed by atoms with Gasteiger partial charge in [-0.2, -0.15) is 5.26 Å². The highest BCUT2D eigenvalue weighted by atomic mass is 79.9. The van der Waals surface area contributed by atoms with Gasteiger partial charge in [0.15, 0.2) is 5.06 Å². The molecule has 2 aromatic carbocycles. The number of nitriles is 1. The molecule has 0 saturated carbocycles. The lowest BCUT2D eigenvalue weighted by atomic mass is 10.0. The Morgan fingerprint density at radius 2 is 1.96 bits per heavy atom. The van der Waals surface area contributed by atoms with Crippen LogP contribution in [0.2, 0.25) is 5.02 Å². The van der Waals surface area contributed by atoms with E-state index in [1.807, 2.05) is 54.8 Å². The molecule has 2 nitrogen and oxygen atoms in total. The van der Waals surface area contributed by atoms with Crippen LogP contribution in [0.3, 0.4) is 0 Å². The molecule has 0 bridgehead atoms. The molecule has 120 valence electrons. The third kappa shape index (κ3) is 3.64. The van der Waals surface area contributed by atoms with E-state index in [1.54, 1.807) is 0 Å². The smallest absolute Gasteiger partial charge is 0.192 e. The van der Waals surface area contributed by atoms with E-state index in [0.717, 1.165) is 26.7 Å². The normalized spacial score (nSPS) is 10.4. The average molecular weight is 419 g/mol. The molecule has 0 aliphatic carbocycles. The molecule has 0 amide bonds. The highest BCUT2D eigenvalue weighted by Crippen LogP contribution is 2.38. The second kappa shape index (κ2) is 7.40. The summed E-state index contributed by atoms with van der Waals surface area (Å²) in [6.07, 6.45) is 0. The molecule has 0 fully saturated rings. The molecular weight excluding hydrogens is 406 g/mol. The Hall–Kier alpha value is -1.80. The Bertz CT molecular complexity index is 912. The van der Waals surface area contributed by atoms with Crippen LogP contribution in [0.25, 0.3) is 11.1 Å². The highest BCUT2D eigenvalue weighted by Gasteiger charge is 2.15. The van der Waals surface area contributed by atoms with Crippen LogP contribution >= 0.6 is 38.9 Å². The second-order valence-corrected chi connectivity index (χ2v) is 7.47. The van der Waals surface area contributed by atoms with Crippen molar-refractivity contribution in [2.75, 3.05) is 0 Å². The molecule has 0 N–H and O–H groups in total. The maximum Gasteiger partial charge on any atom is 0.192 e. The van der Waals surface area contributed by atoms with E-state index < -0.39 is 0 Å². The maximum absolute atomic E-state index is 9.54. The van der Waals surface area contributed by atoms with E-state index in [-0.39, 0.29) is 0 Å². The van der Waals surface area contributed by atoms with Crippen molar-refractivity contribution in [1.29, 1.82) is 5.26 Å². The van der Waals surface area contributed by atoms with Gasteiger partial charge in [0.2, 0.25) is 0 Å². The first-order valence-electron chi connectivity index (χ1n) is 7.24. The van der Waals surface area contributed by atoms with E-state index in [2.05, 4.69) is 22.0 Å². The zero-order chi connectivity index (χ0) is 17.1. The highest BCUT2D eigenvalue weighted by molar-refractivity contribution is 9.10. The molecule has 1 heterocycles. The molecule has 3 rings (SSSR count). The van der Waals surface area contributed by atoms with Crippen molar-refractivity contribution in [2.24, 2.45) is 0 Å². The Labute approximate surface area is 158 Å².